The molecule has 1 aromatic heterocycles. The molecule has 7 heteroatoms. The Kier molecular flexibility index (Phi) is 2.44. The molecule has 0 atom stereocenters. The lowest BCUT2D eigenvalue weighted by molar-refractivity contribution is -0.384. The molecule has 0 unspecified atom stereocenters. The Morgan fingerprint density at radius 3 is 2.67 bits per heavy atom. The zero-order valence-electron chi connectivity index (χ0n) is 9.37. The summed E-state index contributed by atoms with van der Waals surface area (Å²) in [5, 5.41) is 17.4. The summed E-state index contributed by atoms with van der Waals surface area (Å²) in [7, 11) is 0. The van der Waals surface area contributed by atoms with Crippen LogP contribution in [0.1, 0.15) is 12.8 Å². The van der Waals surface area contributed by atoms with Crippen molar-refractivity contribution in [1.29, 1.82) is 0 Å². The number of benzene rings is 1. The number of hydrogen-bond acceptors (Lipinski definition) is 6. The Morgan fingerprint density at radius 2 is 2.06 bits per heavy atom. The highest BCUT2D eigenvalue weighted by atomic mass is 16.6. The highest BCUT2D eigenvalue weighted by Crippen LogP contribution is 2.25. The average molecular weight is 246 g/mol. The summed E-state index contributed by atoms with van der Waals surface area (Å²) in [5.74, 6) is 0.424. The highest BCUT2D eigenvalue weighted by molar-refractivity contribution is 5.57. The number of hydrogen-bond donors (Lipinski definition) is 1. The monoisotopic (exact) mass is 246 g/mol. The number of nitro groups is 1. The highest BCUT2D eigenvalue weighted by Gasteiger charge is 2.23. The van der Waals surface area contributed by atoms with Crippen molar-refractivity contribution in [2.45, 2.75) is 18.9 Å². The molecule has 3 rings (SSSR count). The van der Waals surface area contributed by atoms with E-state index in [2.05, 4.69) is 15.5 Å². The number of nitro benzene ring substituents is 1. The fraction of sp³-hybridized carbons (Fsp3) is 0.273. The molecule has 0 saturated heterocycles. The second-order valence-electron chi connectivity index (χ2n) is 4.15. The molecule has 1 N–H and O–H groups in total. The van der Waals surface area contributed by atoms with Crippen molar-refractivity contribution in [3.05, 3.63) is 34.4 Å². The van der Waals surface area contributed by atoms with Crippen molar-refractivity contribution in [3.63, 3.8) is 0 Å². The molecule has 7 nitrogen and oxygen atoms in total. The molecular weight excluding hydrogens is 236 g/mol. The summed E-state index contributed by atoms with van der Waals surface area (Å²) in [6, 6.07) is 6.87. The number of non-ortho nitro benzene ring substituents is 1. The summed E-state index contributed by atoms with van der Waals surface area (Å²) in [5.41, 5.74) is 0.728. The Balaban J connectivity index is 1.80. The van der Waals surface area contributed by atoms with Crippen molar-refractivity contribution in [1.82, 2.24) is 10.1 Å². The molecule has 18 heavy (non-hydrogen) atoms. The van der Waals surface area contributed by atoms with Gasteiger partial charge in [0.1, 0.15) is 0 Å². The first-order valence-electron chi connectivity index (χ1n) is 5.57. The van der Waals surface area contributed by atoms with E-state index in [4.69, 9.17) is 4.52 Å². The van der Waals surface area contributed by atoms with E-state index < -0.39 is 4.92 Å². The zero-order chi connectivity index (χ0) is 12.5. The van der Waals surface area contributed by atoms with E-state index in [-0.39, 0.29) is 5.69 Å². The fourth-order valence-corrected chi connectivity index (χ4v) is 1.53. The van der Waals surface area contributed by atoms with Gasteiger partial charge in [0, 0.05) is 23.7 Å². The third kappa shape index (κ3) is 2.15. The lowest BCUT2D eigenvalue weighted by atomic mass is 10.2. The van der Waals surface area contributed by atoms with Crippen molar-refractivity contribution in [2.24, 2.45) is 0 Å². The van der Waals surface area contributed by atoms with Crippen LogP contribution in [0.15, 0.2) is 28.8 Å². The SMILES string of the molecule is O=[N+]([O-])c1ccc(-c2noc(NC3CC3)n2)cc1. The maximum absolute atomic E-state index is 10.5. The van der Waals surface area contributed by atoms with Crippen LogP contribution in [-0.2, 0) is 0 Å². The third-order valence-corrected chi connectivity index (χ3v) is 2.67. The summed E-state index contributed by atoms with van der Waals surface area (Å²) < 4.78 is 5.04. The van der Waals surface area contributed by atoms with Crippen molar-refractivity contribution in [2.75, 3.05) is 5.32 Å². The van der Waals surface area contributed by atoms with E-state index in [1.165, 1.54) is 12.1 Å². The van der Waals surface area contributed by atoms with Gasteiger partial charge in [-0.25, -0.2) is 0 Å². The number of aromatic nitrogens is 2. The van der Waals surface area contributed by atoms with E-state index in [1.54, 1.807) is 12.1 Å². The van der Waals surface area contributed by atoms with Gasteiger partial charge >= 0.3 is 6.01 Å². The quantitative estimate of drug-likeness (QED) is 0.656. The summed E-state index contributed by atoms with van der Waals surface area (Å²) in [4.78, 5) is 14.3. The second kappa shape index (κ2) is 4.10. The number of anilines is 1. The first-order chi connectivity index (χ1) is 8.72. The number of nitrogens with zero attached hydrogens (tertiary/aromatic N) is 3. The minimum absolute atomic E-state index is 0.0403. The first kappa shape index (κ1) is 10.7. The smallest absolute Gasteiger partial charge is 0.322 e. The standard InChI is InChI=1S/C11H10N4O3/c16-15(17)9-5-1-7(2-6-9)10-13-11(18-14-10)12-8-3-4-8/h1-2,5-6,8H,3-4H2,(H,12,13,14). The molecule has 1 saturated carbocycles. The summed E-state index contributed by atoms with van der Waals surface area (Å²) in [6.07, 6.45) is 2.24. The number of nitrogens with one attached hydrogen (secondary N) is 1. The van der Waals surface area contributed by atoms with Crippen LogP contribution >= 0.6 is 0 Å². The Morgan fingerprint density at radius 1 is 1.33 bits per heavy atom. The van der Waals surface area contributed by atoms with Gasteiger partial charge in [-0.15, -0.1) is 0 Å². The number of rotatable bonds is 4. The van der Waals surface area contributed by atoms with Crippen LogP contribution in [0.5, 0.6) is 0 Å². The minimum Gasteiger partial charge on any atom is -0.335 e. The van der Waals surface area contributed by atoms with Gasteiger partial charge in [0.05, 0.1) is 4.92 Å². The van der Waals surface area contributed by atoms with Gasteiger partial charge in [-0.2, -0.15) is 4.98 Å². The van der Waals surface area contributed by atoms with Crippen LogP contribution in [0.3, 0.4) is 0 Å². The van der Waals surface area contributed by atoms with E-state index in [1.807, 2.05) is 0 Å². The molecule has 1 heterocycles. The van der Waals surface area contributed by atoms with E-state index in [0.717, 1.165) is 12.8 Å². The molecule has 1 aliphatic rings. The van der Waals surface area contributed by atoms with Gasteiger partial charge in [0.15, 0.2) is 0 Å². The molecule has 1 fully saturated rings. The van der Waals surface area contributed by atoms with Crippen LogP contribution in [0.2, 0.25) is 0 Å². The average Bonchev–Trinajstić information content (AvgIpc) is 3.05. The topological polar surface area (TPSA) is 94.1 Å². The zero-order valence-corrected chi connectivity index (χ0v) is 9.37. The van der Waals surface area contributed by atoms with Gasteiger partial charge < -0.3 is 9.84 Å². The minimum atomic E-state index is -0.444. The van der Waals surface area contributed by atoms with E-state index in [0.29, 0.717) is 23.4 Å². The maximum atomic E-state index is 10.5. The lowest BCUT2D eigenvalue weighted by Crippen LogP contribution is -2.00. The second-order valence-corrected chi connectivity index (χ2v) is 4.15. The predicted octanol–water partition coefficient (Wildman–Crippen LogP) is 2.22. The van der Waals surface area contributed by atoms with Crippen LogP contribution < -0.4 is 5.32 Å². The van der Waals surface area contributed by atoms with Gasteiger partial charge in [-0.1, -0.05) is 5.16 Å². The van der Waals surface area contributed by atoms with Crippen molar-refractivity contribution < 1.29 is 9.45 Å². The molecule has 0 spiro atoms. The molecule has 92 valence electrons. The molecule has 0 bridgehead atoms. The van der Waals surface area contributed by atoms with E-state index >= 15 is 0 Å². The molecule has 1 aliphatic carbocycles. The first-order valence-corrected chi connectivity index (χ1v) is 5.57. The normalized spacial score (nSPS) is 14.4. The Labute approximate surface area is 102 Å². The van der Waals surface area contributed by atoms with Crippen molar-refractivity contribution >= 4 is 11.7 Å². The van der Waals surface area contributed by atoms with Crippen LogP contribution in [-0.4, -0.2) is 21.1 Å². The Bertz CT molecular complexity index is 574. The van der Waals surface area contributed by atoms with Gasteiger partial charge in [-0.3, -0.25) is 10.1 Å². The molecule has 0 aliphatic heterocycles. The van der Waals surface area contributed by atoms with Gasteiger partial charge in [0.2, 0.25) is 5.82 Å². The lowest BCUT2D eigenvalue weighted by Gasteiger charge is -1.94. The molecule has 2 aromatic rings. The summed E-state index contributed by atoms with van der Waals surface area (Å²) >= 11 is 0. The molecule has 1 aromatic carbocycles. The third-order valence-electron chi connectivity index (χ3n) is 2.67. The van der Waals surface area contributed by atoms with Gasteiger partial charge in [0.25, 0.3) is 5.69 Å². The van der Waals surface area contributed by atoms with Gasteiger partial charge in [-0.05, 0) is 25.0 Å². The summed E-state index contributed by atoms with van der Waals surface area (Å²) in [6.45, 7) is 0. The Hall–Kier alpha value is -2.44. The van der Waals surface area contributed by atoms with Crippen LogP contribution in [0.4, 0.5) is 11.7 Å². The molecule has 0 amide bonds. The van der Waals surface area contributed by atoms with E-state index in [9.17, 15) is 10.1 Å². The fourth-order valence-electron chi connectivity index (χ4n) is 1.53. The van der Waals surface area contributed by atoms with Crippen LogP contribution in [0, 0.1) is 10.1 Å². The predicted molar refractivity (Wildman–Crippen MR) is 63.0 cm³/mol. The largest absolute Gasteiger partial charge is 0.335 e. The maximum Gasteiger partial charge on any atom is 0.322 e. The van der Waals surface area contributed by atoms with Crippen LogP contribution in [0.25, 0.3) is 11.4 Å². The molecular formula is C11H10N4O3. The van der Waals surface area contributed by atoms with Crippen molar-refractivity contribution in [3.8, 4) is 11.4 Å². The molecule has 0 radical (unpaired) electrons.